The smallest absolute Gasteiger partial charge is 0.303 e. The molecule has 0 aromatic rings. The molecule has 0 spiro atoms. The van der Waals surface area contributed by atoms with Crippen LogP contribution >= 0.6 is 0 Å². The van der Waals surface area contributed by atoms with E-state index in [4.69, 9.17) is 5.48 Å². The molecule has 30 heavy (non-hydrogen) atoms. The van der Waals surface area contributed by atoms with Crippen molar-refractivity contribution in [3.8, 4) is 0 Å². The number of aliphatic hydroxyl groups excluding tert-OH is 2. The number of hydrogen-bond acceptors (Lipinski definition) is 3. The Balaban J connectivity index is 1.71. The van der Waals surface area contributed by atoms with E-state index in [1.54, 1.807) is 0 Å². The van der Waals surface area contributed by atoms with Gasteiger partial charge in [-0.25, -0.2) is 0 Å². The molecule has 3 N–H and O–H groups in total. The van der Waals surface area contributed by atoms with E-state index in [2.05, 4.69) is 13.8 Å². The number of aliphatic carboxylic acids is 1. The normalized spacial score (nSPS) is 57.4. The maximum atomic E-state index is 11.9. The number of carboxylic acids is 1. The lowest BCUT2D eigenvalue weighted by Crippen LogP contribution is -2.62. The van der Waals surface area contributed by atoms with Crippen molar-refractivity contribution in [1.82, 2.24) is 0 Å². The second-order valence-corrected chi connectivity index (χ2v) is 11.3. The van der Waals surface area contributed by atoms with Crippen LogP contribution in [0.5, 0.6) is 0 Å². The SMILES string of the molecule is [2H]C([2H])(C[C@@H](C)[C@H]1CC[C@H]2[C@@H]3[C@H](O)C([2H])(C([2H])([2H])C)[C@@H]4C[C@H](O)CC[C@]4(C)[C@H]3CC[C@]12C)C(=O)O. The molecule has 4 heteroatoms. The van der Waals surface area contributed by atoms with Crippen LogP contribution in [0.2, 0.25) is 0 Å². The molecule has 0 aliphatic heterocycles. The van der Waals surface area contributed by atoms with Crippen LogP contribution in [-0.4, -0.2) is 33.5 Å². The Labute approximate surface area is 189 Å². The van der Waals surface area contributed by atoms with Gasteiger partial charge < -0.3 is 15.3 Å². The predicted octanol–water partition coefficient (Wildman–Crippen LogP) is 5.11. The molecule has 0 heterocycles. The molecule has 0 aromatic carbocycles. The lowest BCUT2D eigenvalue weighted by atomic mass is 9.41. The number of rotatable bonds is 5. The third-order valence-corrected chi connectivity index (χ3v) is 10.2. The zero-order valence-electron chi connectivity index (χ0n) is 24.0. The average molecular weight is 426 g/mol. The summed E-state index contributed by atoms with van der Waals surface area (Å²) in [5.74, 6) is -3.62. The fraction of sp³-hybridized carbons (Fsp3) is 0.962. The molecule has 0 saturated heterocycles. The van der Waals surface area contributed by atoms with E-state index in [9.17, 15) is 21.5 Å². The Hall–Kier alpha value is -0.610. The first-order valence-corrected chi connectivity index (χ1v) is 12.0. The molecule has 172 valence electrons. The van der Waals surface area contributed by atoms with Crippen LogP contribution in [0.15, 0.2) is 0 Å². The lowest BCUT2D eigenvalue weighted by molar-refractivity contribution is -0.203. The van der Waals surface area contributed by atoms with Gasteiger partial charge in [0.15, 0.2) is 0 Å². The molecule has 11 atom stereocenters. The number of hydrogen-bond donors (Lipinski definition) is 3. The van der Waals surface area contributed by atoms with Gasteiger partial charge in [0.2, 0.25) is 0 Å². The summed E-state index contributed by atoms with van der Waals surface area (Å²) in [6.45, 7) is 7.72. The summed E-state index contributed by atoms with van der Waals surface area (Å²) < 4.78 is 42.7. The monoisotopic (exact) mass is 425 g/mol. The van der Waals surface area contributed by atoms with Crippen molar-refractivity contribution in [2.75, 3.05) is 0 Å². The van der Waals surface area contributed by atoms with Crippen LogP contribution in [-0.2, 0) is 4.79 Å². The first kappa shape index (κ1) is 16.9. The van der Waals surface area contributed by atoms with Crippen LogP contribution in [0.4, 0.5) is 0 Å². The molecule has 0 aromatic heterocycles. The summed E-state index contributed by atoms with van der Waals surface area (Å²) in [6.07, 6.45) is -0.872. The number of carbonyl (C=O) groups is 1. The number of carboxylic acid groups (broad SMARTS) is 1. The molecule has 4 saturated carbocycles. The van der Waals surface area contributed by atoms with Crippen molar-refractivity contribution in [2.45, 2.75) is 104 Å². The first-order chi connectivity index (χ1) is 15.9. The van der Waals surface area contributed by atoms with E-state index in [0.29, 0.717) is 12.8 Å². The van der Waals surface area contributed by atoms with Crippen molar-refractivity contribution < 1.29 is 27.0 Å². The molecular weight excluding hydrogens is 376 g/mol. The molecule has 1 unspecified atom stereocenters. The quantitative estimate of drug-likeness (QED) is 0.572. The summed E-state index contributed by atoms with van der Waals surface area (Å²) in [4.78, 5) is 11.4. The lowest BCUT2D eigenvalue weighted by Gasteiger charge is -2.64. The van der Waals surface area contributed by atoms with Gasteiger partial charge in [-0.3, -0.25) is 4.79 Å². The second kappa shape index (κ2) is 8.06. The van der Waals surface area contributed by atoms with Crippen molar-refractivity contribution in [3.05, 3.63) is 0 Å². The predicted molar refractivity (Wildman–Crippen MR) is 118 cm³/mol. The van der Waals surface area contributed by atoms with Crippen molar-refractivity contribution >= 4 is 5.97 Å². The molecule has 4 aliphatic rings. The van der Waals surface area contributed by atoms with E-state index in [-0.39, 0.29) is 46.8 Å². The summed E-state index contributed by atoms with van der Waals surface area (Å²) in [5.41, 5.74) is -0.547. The van der Waals surface area contributed by atoms with Crippen LogP contribution < -0.4 is 0 Å². The van der Waals surface area contributed by atoms with Gasteiger partial charge in [0, 0.05) is 13.2 Å². The highest BCUT2D eigenvalue weighted by atomic mass is 16.4. The van der Waals surface area contributed by atoms with Gasteiger partial charge in [-0.1, -0.05) is 34.1 Å². The van der Waals surface area contributed by atoms with Gasteiger partial charge >= 0.3 is 5.97 Å². The topological polar surface area (TPSA) is 77.8 Å². The molecule has 4 rings (SSSR count). The third-order valence-electron chi connectivity index (χ3n) is 10.2. The first-order valence-electron chi connectivity index (χ1n) is 14.5. The fourth-order valence-electron chi connectivity index (χ4n) is 8.74. The molecule has 0 amide bonds. The van der Waals surface area contributed by atoms with Crippen LogP contribution in [0, 0.1) is 52.2 Å². The molecule has 0 bridgehead atoms. The van der Waals surface area contributed by atoms with Gasteiger partial charge in [0.1, 0.15) is 0 Å². The molecule has 4 nitrogen and oxygen atoms in total. The molecule has 0 radical (unpaired) electrons. The minimum atomic E-state index is -2.28. The van der Waals surface area contributed by atoms with Gasteiger partial charge in [-0.05, 0) is 104 Å². The summed E-state index contributed by atoms with van der Waals surface area (Å²) >= 11 is 0. The summed E-state index contributed by atoms with van der Waals surface area (Å²) in [6, 6.07) is 0. The van der Waals surface area contributed by atoms with Crippen LogP contribution in [0.25, 0.3) is 0 Å². The Morgan fingerprint density at radius 3 is 2.43 bits per heavy atom. The van der Waals surface area contributed by atoms with E-state index in [0.717, 1.165) is 32.1 Å². The van der Waals surface area contributed by atoms with Gasteiger partial charge in [0.05, 0.1) is 12.2 Å². The highest BCUT2D eigenvalue weighted by molar-refractivity contribution is 5.66. The van der Waals surface area contributed by atoms with Gasteiger partial charge in [-0.2, -0.15) is 0 Å². The minimum Gasteiger partial charge on any atom is -0.481 e. The largest absolute Gasteiger partial charge is 0.481 e. The van der Waals surface area contributed by atoms with Gasteiger partial charge in [-0.15, -0.1) is 0 Å². The number of fused-ring (bicyclic) bond motifs is 5. The Morgan fingerprint density at radius 2 is 1.77 bits per heavy atom. The Bertz CT molecular complexity index is 848. The van der Waals surface area contributed by atoms with Crippen LogP contribution in [0.3, 0.4) is 0 Å². The van der Waals surface area contributed by atoms with E-state index < -0.39 is 42.7 Å². The highest BCUT2D eigenvalue weighted by Gasteiger charge is 2.64. The third kappa shape index (κ3) is 3.36. The fourth-order valence-corrected chi connectivity index (χ4v) is 8.74. The second-order valence-electron chi connectivity index (χ2n) is 11.3. The molecule has 4 aliphatic carbocycles. The van der Waals surface area contributed by atoms with E-state index in [1.807, 2.05) is 6.92 Å². The minimum absolute atomic E-state index is 0.0521. The van der Waals surface area contributed by atoms with Gasteiger partial charge in [0.25, 0.3) is 0 Å². The molecule has 4 fully saturated rings. The maximum Gasteiger partial charge on any atom is 0.303 e. The average Bonchev–Trinajstić information content (AvgIpc) is 3.09. The zero-order chi connectivity index (χ0) is 26.4. The number of aliphatic hydroxyl groups is 2. The van der Waals surface area contributed by atoms with Crippen molar-refractivity contribution in [2.24, 2.45) is 52.2 Å². The van der Waals surface area contributed by atoms with Crippen molar-refractivity contribution in [3.63, 3.8) is 0 Å². The molecular formula is C26H44O4. The van der Waals surface area contributed by atoms with Crippen molar-refractivity contribution in [1.29, 1.82) is 0 Å². The Morgan fingerprint density at radius 1 is 1.10 bits per heavy atom. The zero-order valence-corrected chi connectivity index (χ0v) is 19.0. The summed E-state index contributed by atoms with van der Waals surface area (Å²) in [7, 11) is 0. The maximum absolute atomic E-state index is 11.9. The summed E-state index contributed by atoms with van der Waals surface area (Å²) in [5, 5.41) is 31.7. The van der Waals surface area contributed by atoms with E-state index in [1.165, 1.54) is 6.92 Å². The van der Waals surface area contributed by atoms with E-state index >= 15 is 0 Å². The highest BCUT2D eigenvalue weighted by Crippen LogP contribution is 2.69. The Kier molecular flexibility index (Phi) is 4.56. The standard InChI is InChI=1S/C26H44O4/c1-5-17-21-14-16(27)10-12-26(21,4)20-11-13-25(3)18(15(2)6-9-22(28)29)7-8-19(25)23(20)24(17)30/h15-21,23-24,27,30H,5-14H2,1-4H3,(H,28,29)/t15-,16-,17?,18-,19+,20+,21+,23+,24-,25-,26-/m1/s1/i5D2,9D2,17D. The van der Waals surface area contributed by atoms with Crippen LogP contribution in [0.1, 0.15) is 98.7 Å².